The number of aromatic nitrogens is 1. The summed E-state index contributed by atoms with van der Waals surface area (Å²) in [5.74, 6) is -0.440. The van der Waals surface area contributed by atoms with Crippen LogP contribution in [0, 0.1) is 11.3 Å². The summed E-state index contributed by atoms with van der Waals surface area (Å²) in [4.78, 5) is 14.5. The molecule has 0 saturated carbocycles. The molecule has 1 heterocycles. The molecule has 0 aliphatic heterocycles. The van der Waals surface area contributed by atoms with E-state index in [0.29, 0.717) is 0 Å². The van der Waals surface area contributed by atoms with E-state index in [2.05, 4.69) is 4.98 Å². The van der Waals surface area contributed by atoms with Crippen molar-refractivity contribution in [2.45, 2.75) is 0 Å². The Hall–Kier alpha value is -2.09. The van der Waals surface area contributed by atoms with Gasteiger partial charge in [0.2, 0.25) is 0 Å². The third kappa shape index (κ3) is 2.17. The Morgan fingerprint density at radius 1 is 1.77 bits per heavy atom. The second kappa shape index (κ2) is 4.07. The number of rotatable bonds is 3. The highest BCUT2D eigenvalue weighted by Crippen LogP contribution is 2.13. The van der Waals surface area contributed by atoms with Gasteiger partial charge in [0.25, 0.3) is 5.91 Å². The zero-order chi connectivity index (χ0) is 9.68. The highest BCUT2D eigenvalue weighted by Gasteiger charge is 2.09. The Balaban J connectivity index is 2.92. The van der Waals surface area contributed by atoms with Crippen LogP contribution in [0.3, 0.4) is 0 Å². The molecule has 0 atom stereocenters. The number of hydrogen-bond donors (Lipinski definition) is 1. The largest absolute Gasteiger partial charge is 0.476 e. The number of ether oxygens (including phenoxy) is 1. The predicted molar refractivity (Wildman–Crippen MR) is 43.9 cm³/mol. The van der Waals surface area contributed by atoms with E-state index in [1.54, 1.807) is 12.1 Å². The van der Waals surface area contributed by atoms with Crippen molar-refractivity contribution >= 4 is 5.91 Å². The first-order chi connectivity index (χ1) is 6.25. The van der Waals surface area contributed by atoms with Gasteiger partial charge < -0.3 is 10.5 Å². The van der Waals surface area contributed by atoms with Crippen LogP contribution in [0.1, 0.15) is 10.5 Å². The molecule has 0 aromatic carbocycles. The summed E-state index contributed by atoms with van der Waals surface area (Å²) in [6, 6.07) is 4.91. The fraction of sp³-hybridized carbons (Fsp3) is 0.125. The van der Waals surface area contributed by atoms with E-state index in [1.807, 2.05) is 0 Å². The van der Waals surface area contributed by atoms with Crippen molar-refractivity contribution in [2.75, 3.05) is 6.61 Å². The molecular weight excluding hydrogens is 170 g/mol. The molecule has 66 valence electrons. The number of carbonyl (C=O) groups is 1. The number of carbonyl (C=O) groups excluding carboxylic acids is 1. The van der Waals surface area contributed by atoms with Crippen LogP contribution in [0.25, 0.3) is 0 Å². The molecule has 1 aromatic heterocycles. The lowest BCUT2D eigenvalue weighted by molar-refractivity contribution is 0.0992. The normalized spacial score (nSPS) is 8.85. The van der Waals surface area contributed by atoms with Crippen molar-refractivity contribution in [3.63, 3.8) is 0 Å². The topological polar surface area (TPSA) is 89.0 Å². The van der Waals surface area contributed by atoms with E-state index in [-0.39, 0.29) is 18.1 Å². The number of nitriles is 1. The van der Waals surface area contributed by atoms with Crippen molar-refractivity contribution in [2.24, 2.45) is 5.73 Å². The van der Waals surface area contributed by atoms with Crippen LogP contribution < -0.4 is 10.5 Å². The molecule has 1 aromatic rings. The molecule has 0 aliphatic carbocycles. The first kappa shape index (κ1) is 9.00. The van der Waals surface area contributed by atoms with Crippen LogP contribution in [-0.2, 0) is 0 Å². The van der Waals surface area contributed by atoms with E-state index >= 15 is 0 Å². The first-order valence-electron chi connectivity index (χ1n) is 3.50. The molecule has 1 amide bonds. The molecule has 5 nitrogen and oxygen atoms in total. The highest BCUT2D eigenvalue weighted by molar-refractivity contribution is 5.93. The van der Waals surface area contributed by atoms with Crippen LogP contribution >= 0.6 is 0 Å². The van der Waals surface area contributed by atoms with Crippen LogP contribution in [0.4, 0.5) is 0 Å². The number of hydrogen-bond acceptors (Lipinski definition) is 4. The molecule has 0 saturated heterocycles. The Bertz CT molecular complexity index is 357. The van der Waals surface area contributed by atoms with Gasteiger partial charge in [-0.1, -0.05) is 0 Å². The van der Waals surface area contributed by atoms with Crippen LogP contribution in [-0.4, -0.2) is 17.5 Å². The lowest BCUT2D eigenvalue weighted by Gasteiger charge is -2.03. The van der Waals surface area contributed by atoms with Gasteiger partial charge in [0.15, 0.2) is 18.1 Å². The molecule has 0 spiro atoms. The Kier molecular flexibility index (Phi) is 2.82. The summed E-state index contributed by atoms with van der Waals surface area (Å²) in [5, 5.41) is 8.25. The second-order valence-electron chi connectivity index (χ2n) is 2.16. The maximum atomic E-state index is 10.8. The van der Waals surface area contributed by atoms with Gasteiger partial charge in [-0.25, -0.2) is 4.98 Å². The molecule has 0 radical (unpaired) electrons. The predicted octanol–water partition coefficient (Wildman–Crippen LogP) is 0.0829. The Labute approximate surface area is 74.8 Å². The quantitative estimate of drug-likeness (QED) is 0.708. The lowest BCUT2D eigenvalue weighted by atomic mass is 10.3. The lowest BCUT2D eigenvalue weighted by Crippen LogP contribution is -2.14. The van der Waals surface area contributed by atoms with Crippen LogP contribution in [0.15, 0.2) is 18.3 Å². The van der Waals surface area contributed by atoms with Crippen molar-refractivity contribution in [3.05, 3.63) is 24.0 Å². The maximum Gasteiger partial charge on any atom is 0.271 e. The van der Waals surface area contributed by atoms with Gasteiger partial charge in [0, 0.05) is 6.20 Å². The van der Waals surface area contributed by atoms with Gasteiger partial charge in [-0.3, -0.25) is 4.79 Å². The summed E-state index contributed by atoms with van der Waals surface area (Å²) in [6.07, 6.45) is 1.43. The highest BCUT2D eigenvalue weighted by atomic mass is 16.5. The summed E-state index contributed by atoms with van der Waals surface area (Å²) in [6.45, 7) is -0.133. The van der Waals surface area contributed by atoms with Crippen LogP contribution in [0.2, 0.25) is 0 Å². The minimum atomic E-state index is -0.673. The second-order valence-corrected chi connectivity index (χ2v) is 2.16. The number of primary amides is 1. The molecular formula is C8H7N3O2. The average molecular weight is 177 g/mol. The number of pyridine rings is 1. The van der Waals surface area contributed by atoms with Gasteiger partial charge in [-0.05, 0) is 12.1 Å². The van der Waals surface area contributed by atoms with E-state index in [1.165, 1.54) is 12.3 Å². The zero-order valence-electron chi connectivity index (χ0n) is 6.73. The van der Waals surface area contributed by atoms with Gasteiger partial charge >= 0.3 is 0 Å². The molecule has 0 aliphatic rings. The monoisotopic (exact) mass is 177 g/mol. The standard InChI is InChI=1S/C8H7N3O2/c9-3-5-13-6-2-1-4-11-7(6)8(10)12/h1-2,4H,5H2,(H2,10,12). The fourth-order valence-electron chi connectivity index (χ4n) is 0.802. The minimum absolute atomic E-state index is 0.0396. The van der Waals surface area contributed by atoms with Gasteiger partial charge in [0.05, 0.1) is 0 Å². The van der Waals surface area contributed by atoms with Crippen molar-refractivity contribution in [1.82, 2.24) is 4.98 Å². The smallest absolute Gasteiger partial charge is 0.271 e. The minimum Gasteiger partial charge on any atom is -0.476 e. The first-order valence-corrected chi connectivity index (χ1v) is 3.50. The van der Waals surface area contributed by atoms with E-state index < -0.39 is 5.91 Å². The summed E-state index contributed by atoms with van der Waals surface area (Å²) in [7, 11) is 0. The fourth-order valence-corrected chi connectivity index (χ4v) is 0.802. The van der Waals surface area contributed by atoms with Gasteiger partial charge in [0.1, 0.15) is 6.07 Å². The molecule has 0 bridgehead atoms. The molecule has 5 heteroatoms. The van der Waals surface area contributed by atoms with E-state index in [9.17, 15) is 4.79 Å². The van der Waals surface area contributed by atoms with Crippen molar-refractivity contribution < 1.29 is 9.53 Å². The van der Waals surface area contributed by atoms with Crippen molar-refractivity contribution in [1.29, 1.82) is 5.26 Å². The number of amides is 1. The Morgan fingerprint density at radius 3 is 3.15 bits per heavy atom. The third-order valence-corrected chi connectivity index (χ3v) is 1.30. The molecule has 1 rings (SSSR count). The molecule has 13 heavy (non-hydrogen) atoms. The molecule has 2 N–H and O–H groups in total. The molecule has 0 fully saturated rings. The average Bonchev–Trinajstić information content (AvgIpc) is 2.15. The van der Waals surface area contributed by atoms with E-state index in [4.69, 9.17) is 15.7 Å². The van der Waals surface area contributed by atoms with E-state index in [0.717, 1.165) is 0 Å². The molecule has 0 unspecified atom stereocenters. The maximum absolute atomic E-state index is 10.8. The summed E-state index contributed by atoms with van der Waals surface area (Å²) in [5.41, 5.74) is 5.06. The summed E-state index contributed by atoms with van der Waals surface area (Å²) >= 11 is 0. The Morgan fingerprint density at radius 2 is 2.54 bits per heavy atom. The summed E-state index contributed by atoms with van der Waals surface area (Å²) < 4.78 is 4.92. The number of nitrogens with zero attached hydrogens (tertiary/aromatic N) is 2. The van der Waals surface area contributed by atoms with Gasteiger partial charge in [-0.15, -0.1) is 0 Å². The number of nitrogens with two attached hydrogens (primary N) is 1. The van der Waals surface area contributed by atoms with Crippen molar-refractivity contribution in [3.8, 4) is 11.8 Å². The SMILES string of the molecule is N#CCOc1cccnc1C(N)=O. The zero-order valence-corrected chi connectivity index (χ0v) is 6.73. The van der Waals surface area contributed by atoms with Gasteiger partial charge in [-0.2, -0.15) is 5.26 Å². The third-order valence-electron chi connectivity index (χ3n) is 1.30. The van der Waals surface area contributed by atoms with Crippen LogP contribution in [0.5, 0.6) is 5.75 Å².